The number of nitrogens with one attached hydrogen (secondary N) is 1. The van der Waals surface area contributed by atoms with E-state index in [2.05, 4.69) is 5.32 Å². The van der Waals surface area contributed by atoms with E-state index in [0.717, 1.165) is 17.0 Å². The van der Waals surface area contributed by atoms with Crippen molar-refractivity contribution in [3.63, 3.8) is 0 Å². The van der Waals surface area contributed by atoms with E-state index in [9.17, 15) is 4.79 Å². The number of amides is 1. The zero-order valence-corrected chi connectivity index (χ0v) is 11.9. The minimum Gasteiger partial charge on any atom is -0.494 e. The number of benzene rings is 2. The molecule has 0 radical (unpaired) electrons. The van der Waals surface area contributed by atoms with Crippen molar-refractivity contribution in [1.29, 1.82) is 0 Å². The third-order valence-corrected chi connectivity index (χ3v) is 2.77. The molecule has 0 aromatic heterocycles. The Balaban J connectivity index is 1.95. The fourth-order valence-corrected chi connectivity index (χ4v) is 1.82. The van der Waals surface area contributed by atoms with Crippen LogP contribution in [0.4, 0.5) is 11.4 Å². The molecule has 0 spiro atoms. The Kier molecular flexibility index (Phi) is 4.99. The Morgan fingerprint density at radius 1 is 1.24 bits per heavy atom. The van der Waals surface area contributed by atoms with Gasteiger partial charge >= 0.3 is 0 Å². The number of carbonyl (C=O) groups excluding carboxylic acids is 1. The standard InChI is InChI=1S/C17H18N2O2/c1-2-21-16-9-7-15(8-10-16)19-17(20)11-6-13-4-3-5-14(18)12-13/h3-12H,2,18H2,1H3,(H,19,20)/b11-6+. The summed E-state index contributed by atoms with van der Waals surface area (Å²) in [5, 5.41) is 2.78. The van der Waals surface area contributed by atoms with Crippen molar-refractivity contribution >= 4 is 23.4 Å². The van der Waals surface area contributed by atoms with Gasteiger partial charge in [0.1, 0.15) is 5.75 Å². The number of nitrogen functional groups attached to an aromatic ring is 1. The number of hydrogen-bond acceptors (Lipinski definition) is 3. The molecule has 4 heteroatoms. The molecule has 21 heavy (non-hydrogen) atoms. The van der Waals surface area contributed by atoms with E-state index < -0.39 is 0 Å². The number of nitrogens with two attached hydrogens (primary N) is 1. The molecule has 0 atom stereocenters. The summed E-state index contributed by atoms with van der Waals surface area (Å²) in [6, 6.07) is 14.6. The topological polar surface area (TPSA) is 64.3 Å². The van der Waals surface area contributed by atoms with E-state index in [0.29, 0.717) is 12.3 Å². The van der Waals surface area contributed by atoms with Gasteiger partial charge in [-0.05, 0) is 55.0 Å². The number of anilines is 2. The van der Waals surface area contributed by atoms with E-state index >= 15 is 0 Å². The van der Waals surface area contributed by atoms with E-state index in [1.165, 1.54) is 6.08 Å². The number of hydrogen-bond donors (Lipinski definition) is 2. The van der Waals surface area contributed by atoms with Crippen LogP contribution in [0.3, 0.4) is 0 Å². The van der Waals surface area contributed by atoms with Gasteiger partial charge < -0.3 is 15.8 Å². The van der Waals surface area contributed by atoms with Crippen LogP contribution in [0.5, 0.6) is 5.75 Å². The van der Waals surface area contributed by atoms with Gasteiger partial charge in [0.05, 0.1) is 6.61 Å². The molecule has 0 aliphatic rings. The van der Waals surface area contributed by atoms with Crippen LogP contribution < -0.4 is 15.8 Å². The lowest BCUT2D eigenvalue weighted by atomic mass is 10.2. The largest absolute Gasteiger partial charge is 0.494 e. The molecule has 2 rings (SSSR count). The van der Waals surface area contributed by atoms with Gasteiger partial charge in [-0.3, -0.25) is 4.79 Å². The molecule has 0 saturated heterocycles. The van der Waals surface area contributed by atoms with Gasteiger partial charge in [-0.2, -0.15) is 0 Å². The maximum absolute atomic E-state index is 11.8. The van der Waals surface area contributed by atoms with Crippen LogP contribution >= 0.6 is 0 Å². The average molecular weight is 282 g/mol. The Morgan fingerprint density at radius 3 is 2.67 bits per heavy atom. The van der Waals surface area contributed by atoms with Crippen molar-refractivity contribution in [2.45, 2.75) is 6.92 Å². The summed E-state index contributed by atoms with van der Waals surface area (Å²) in [5.41, 5.74) is 7.96. The molecule has 0 aliphatic heterocycles. The predicted octanol–water partition coefficient (Wildman–Crippen LogP) is 3.32. The second kappa shape index (κ2) is 7.14. The van der Waals surface area contributed by atoms with E-state index in [-0.39, 0.29) is 5.91 Å². The fourth-order valence-electron chi connectivity index (χ4n) is 1.82. The molecular formula is C17H18N2O2. The molecule has 2 aromatic rings. The van der Waals surface area contributed by atoms with Crippen molar-refractivity contribution < 1.29 is 9.53 Å². The molecule has 0 bridgehead atoms. The highest BCUT2D eigenvalue weighted by atomic mass is 16.5. The molecule has 2 aromatic carbocycles. The van der Waals surface area contributed by atoms with E-state index in [1.807, 2.05) is 31.2 Å². The average Bonchev–Trinajstić information content (AvgIpc) is 2.48. The molecular weight excluding hydrogens is 264 g/mol. The lowest BCUT2D eigenvalue weighted by Crippen LogP contribution is -2.07. The van der Waals surface area contributed by atoms with Gasteiger partial charge in [0.15, 0.2) is 0 Å². The van der Waals surface area contributed by atoms with Crippen LogP contribution in [-0.4, -0.2) is 12.5 Å². The normalized spacial score (nSPS) is 10.5. The van der Waals surface area contributed by atoms with Crippen LogP contribution in [0.2, 0.25) is 0 Å². The van der Waals surface area contributed by atoms with Gasteiger partial charge in [-0.25, -0.2) is 0 Å². The van der Waals surface area contributed by atoms with E-state index in [4.69, 9.17) is 10.5 Å². The van der Waals surface area contributed by atoms with Crippen molar-refractivity contribution in [2.75, 3.05) is 17.7 Å². The molecule has 4 nitrogen and oxygen atoms in total. The first kappa shape index (κ1) is 14.7. The first-order valence-corrected chi connectivity index (χ1v) is 6.75. The minimum absolute atomic E-state index is 0.193. The molecule has 108 valence electrons. The minimum atomic E-state index is -0.193. The Hall–Kier alpha value is -2.75. The third-order valence-electron chi connectivity index (χ3n) is 2.77. The van der Waals surface area contributed by atoms with Crippen molar-refractivity contribution in [1.82, 2.24) is 0 Å². The fraction of sp³-hybridized carbons (Fsp3) is 0.118. The Labute approximate surface area is 124 Å². The lowest BCUT2D eigenvalue weighted by Gasteiger charge is -2.05. The molecule has 0 fully saturated rings. The molecule has 0 heterocycles. The van der Waals surface area contributed by atoms with Crippen LogP contribution in [0.15, 0.2) is 54.6 Å². The van der Waals surface area contributed by atoms with Crippen molar-refractivity contribution in [2.24, 2.45) is 0 Å². The van der Waals surface area contributed by atoms with Gasteiger partial charge in [0.25, 0.3) is 0 Å². The van der Waals surface area contributed by atoms with Crippen LogP contribution in [0.25, 0.3) is 6.08 Å². The molecule has 1 amide bonds. The summed E-state index contributed by atoms with van der Waals surface area (Å²) < 4.78 is 5.34. The van der Waals surface area contributed by atoms with Crippen LogP contribution in [0.1, 0.15) is 12.5 Å². The molecule has 0 unspecified atom stereocenters. The second-order valence-corrected chi connectivity index (χ2v) is 4.45. The highest BCUT2D eigenvalue weighted by Crippen LogP contribution is 2.15. The highest BCUT2D eigenvalue weighted by Gasteiger charge is 1.99. The Bertz CT molecular complexity index is 633. The number of carbonyl (C=O) groups is 1. The zero-order chi connectivity index (χ0) is 15.1. The second-order valence-electron chi connectivity index (χ2n) is 4.45. The van der Waals surface area contributed by atoms with Gasteiger partial charge in [0.2, 0.25) is 5.91 Å². The zero-order valence-electron chi connectivity index (χ0n) is 11.9. The maximum atomic E-state index is 11.8. The quantitative estimate of drug-likeness (QED) is 0.653. The van der Waals surface area contributed by atoms with Crippen molar-refractivity contribution in [3.05, 3.63) is 60.2 Å². The van der Waals surface area contributed by atoms with Crippen LogP contribution in [0, 0.1) is 0 Å². The predicted molar refractivity (Wildman–Crippen MR) is 86.1 cm³/mol. The summed E-state index contributed by atoms with van der Waals surface area (Å²) in [4.78, 5) is 11.8. The van der Waals surface area contributed by atoms with Gasteiger partial charge in [-0.1, -0.05) is 12.1 Å². The van der Waals surface area contributed by atoms with Gasteiger partial charge in [-0.15, -0.1) is 0 Å². The maximum Gasteiger partial charge on any atom is 0.248 e. The number of rotatable bonds is 5. The number of ether oxygens (including phenoxy) is 1. The summed E-state index contributed by atoms with van der Waals surface area (Å²) >= 11 is 0. The Morgan fingerprint density at radius 2 is 2.00 bits per heavy atom. The summed E-state index contributed by atoms with van der Waals surface area (Å²) in [5.74, 6) is 0.590. The molecule has 0 aliphatic carbocycles. The van der Waals surface area contributed by atoms with Crippen molar-refractivity contribution in [3.8, 4) is 5.75 Å². The SMILES string of the molecule is CCOc1ccc(NC(=O)/C=C/c2cccc(N)c2)cc1. The first-order chi connectivity index (χ1) is 10.2. The summed E-state index contributed by atoms with van der Waals surface area (Å²) in [7, 11) is 0. The monoisotopic (exact) mass is 282 g/mol. The summed E-state index contributed by atoms with van der Waals surface area (Å²) in [6.07, 6.45) is 3.20. The van der Waals surface area contributed by atoms with Gasteiger partial charge in [0, 0.05) is 17.5 Å². The third kappa shape index (κ3) is 4.69. The molecule has 0 saturated carbocycles. The first-order valence-electron chi connectivity index (χ1n) is 6.75. The highest BCUT2D eigenvalue weighted by molar-refractivity contribution is 6.01. The molecule has 3 N–H and O–H groups in total. The van der Waals surface area contributed by atoms with Crippen LogP contribution in [-0.2, 0) is 4.79 Å². The lowest BCUT2D eigenvalue weighted by molar-refractivity contribution is -0.111. The van der Waals surface area contributed by atoms with E-state index in [1.54, 1.807) is 30.3 Å². The summed E-state index contributed by atoms with van der Waals surface area (Å²) in [6.45, 7) is 2.55. The smallest absolute Gasteiger partial charge is 0.248 e.